The molecule has 1 atom stereocenters. The van der Waals surface area contributed by atoms with Gasteiger partial charge in [0.2, 0.25) is 5.91 Å². The fourth-order valence-corrected chi connectivity index (χ4v) is 2.81. The summed E-state index contributed by atoms with van der Waals surface area (Å²) in [7, 11) is 2.09. The van der Waals surface area contributed by atoms with Crippen LogP contribution in [-0.4, -0.2) is 43.5 Å². The van der Waals surface area contributed by atoms with Crippen LogP contribution in [0.4, 0.5) is 0 Å². The third-order valence-corrected chi connectivity index (χ3v) is 4.06. The standard InChI is InChI=1S/C15H24N4O/c1-19(13-7-9-17-10-8-13)11-14(15(20)18-16)12-5-3-2-4-6-12/h2-6,13-14,17H,7-11,16H2,1H3,(H,18,20). The highest BCUT2D eigenvalue weighted by Crippen LogP contribution is 2.20. The number of likely N-dealkylation sites (N-methyl/N-ethyl adjacent to an activating group) is 1. The Balaban J connectivity index is 2.05. The summed E-state index contributed by atoms with van der Waals surface area (Å²) in [6.07, 6.45) is 2.25. The fraction of sp³-hybridized carbons (Fsp3) is 0.533. The Labute approximate surface area is 120 Å². The summed E-state index contributed by atoms with van der Waals surface area (Å²) in [6, 6.07) is 10.4. The van der Waals surface area contributed by atoms with Gasteiger partial charge in [-0.25, -0.2) is 5.84 Å². The van der Waals surface area contributed by atoms with Gasteiger partial charge < -0.3 is 10.2 Å². The van der Waals surface area contributed by atoms with Gasteiger partial charge in [-0.1, -0.05) is 30.3 Å². The Bertz CT molecular complexity index is 417. The van der Waals surface area contributed by atoms with Gasteiger partial charge in [0.1, 0.15) is 0 Å². The van der Waals surface area contributed by atoms with Crippen molar-refractivity contribution in [1.82, 2.24) is 15.6 Å². The van der Waals surface area contributed by atoms with Crippen molar-refractivity contribution < 1.29 is 4.79 Å². The van der Waals surface area contributed by atoms with Crippen molar-refractivity contribution in [2.24, 2.45) is 5.84 Å². The van der Waals surface area contributed by atoms with E-state index in [-0.39, 0.29) is 11.8 Å². The number of hydrogen-bond acceptors (Lipinski definition) is 4. The van der Waals surface area contributed by atoms with E-state index in [2.05, 4.69) is 22.7 Å². The minimum absolute atomic E-state index is 0.128. The molecule has 20 heavy (non-hydrogen) atoms. The number of hydrazine groups is 1. The smallest absolute Gasteiger partial charge is 0.242 e. The molecule has 0 radical (unpaired) electrons. The molecular formula is C15H24N4O. The van der Waals surface area contributed by atoms with Gasteiger partial charge >= 0.3 is 0 Å². The van der Waals surface area contributed by atoms with Crippen LogP contribution in [-0.2, 0) is 4.79 Å². The number of benzene rings is 1. The van der Waals surface area contributed by atoms with Gasteiger partial charge in [-0.3, -0.25) is 10.2 Å². The van der Waals surface area contributed by atoms with Crippen LogP contribution in [0, 0.1) is 0 Å². The lowest BCUT2D eigenvalue weighted by Gasteiger charge is -2.33. The summed E-state index contributed by atoms with van der Waals surface area (Å²) in [5.41, 5.74) is 3.30. The SMILES string of the molecule is CN(CC(C(=O)NN)c1ccccc1)C1CCNCC1. The average Bonchev–Trinajstić information content (AvgIpc) is 2.53. The molecule has 110 valence electrons. The first-order valence-electron chi connectivity index (χ1n) is 7.18. The quantitative estimate of drug-likeness (QED) is 0.415. The molecule has 5 nitrogen and oxygen atoms in total. The van der Waals surface area contributed by atoms with Gasteiger partial charge in [0.15, 0.2) is 0 Å². The number of carbonyl (C=O) groups is 1. The molecule has 1 aromatic rings. The number of hydrogen-bond donors (Lipinski definition) is 3. The molecule has 4 N–H and O–H groups in total. The number of nitrogens with zero attached hydrogens (tertiary/aromatic N) is 1. The van der Waals surface area contributed by atoms with E-state index in [1.807, 2.05) is 30.3 Å². The summed E-state index contributed by atoms with van der Waals surface area (Å²) in [4.78, 5) is 14.3. The molecule has 0 aromatic heterocycles. The maximum absolute atomic E-state index is 12.1. The van der Waals surface area contributed by atoms with Crippen molar-refractivity contribution >= 4 is 5.91 Å². The third-order valence-electron chi connectivity index (χ3n) is 4.06. The summed E-state index contributed by atoms with van der Waals surface area (Å²) in [6.45, 7) is 2.79. The number of rotatable bonds is 5. The normalized spacial score (nSPS) is 17.9. The highest BCUT2D eigenvalue weighted by molar-refractivity contribution is 5.83. The third kappa shape index (κ3) is 3.79. The average molecular weight is 276 g/mol. The second-order valence-corrected chi connectivity index (χ2v) is 5.39. The van der Waals surface area contributed by atoms with Crippen LogP contribution in [0.1, 0.15) is 24.3 Å². The minimum atomic E-state index is -0.221. The number of nitrogens with one attached hydrogen (secondary N) is 2. The van der Waals surface area contributed by atoms with Crippen LogP contribution in [0.5, 0.6) is 0 Å². The van der Waals surface area contributed by atoms with Crippen molar-refractivity contribution in [3.63, 3.8) is 0 Å². The molecule has 1 heterocycles. The first-order valence-corrected chi connectivity index (χ1v) is 7.18. The Kier molecular flexibility index (Phi) is 5.52. The molecule has 0 aliphatic carbocycles. The van der Waals surface area contributed by atoms with Crippen LogP contribution < -0.4 is 16.6 Å². The van der Waals surface area contributed by atoms with Crippen LogP contribution >= 0.6 is 0 Å². The van der Waals surface area contributed by atoms with Crippen molar-refractivity contribution in [2.75, 3.05) is 26.7 Å². The molecule has 5 heteroatoms. The van der Waals surface area contributed by atoms with Gasteiger partial charge in [-0.2, -0.15) is 0 Å². The number of piperidine rings is 1. The van der Waals surface area contributed by atoms with Crippen LogP contribution in [0.2, 0.25) is 0 Å². The largest absolute Gasteiger partial charge is 0.317 e. The van der Waals surface area contributed by atoms with Crippen LogP contribution in [0.15, 0.2) is 30.3 Å². The van der Waals surface area contributed by atoms with Crippen LogP contribution in [0.3, 0.4) is 0 Å². The number of nitrogens with two attached hydrogens (primary N) is 1. The molecule has 2 rings (SSSR count). The topological polar surface area (TPSA) is 70.4 Å². The van der Waals surface area contributed by atoms with Gasteiger partial charge in [0, 0.05) is 12.6 Å². The van der Waals surface area contributed by atoms with E-state index in [0.717, 1.165) is 31.5 Å². The Hall–Kier alpha value is -1.43. The first kappa shape index (κ1) is 15.0. The highest BCUT2D eigenvalue weighted by Gasteiger charge is 2.25. The molecule has 1 fully saturated rings. The molecule has 0 bridgehead atoms. The second-order valence-electron chi connectivity index (χ2n) is 5.39. The highest BCUT2D eigenvalue weighted by atomic mass is 16.2. The summed E-state index contributed by atoms with van der Waals surface area (Å²) in [5.74, 6) is 4.99. The summed E-state index contributed by atoms with van der Waals surface area (Å²) >= 11 is 0. The molecule has 1 amide bonds. The molecule has 1 aliphatic rings. The Morgan fingerprint density at radius 3 is 2.65 bits per heavy atom. The predicted octanol–water partition coefficient (Wildman–Crippen LogP) is 0.444. The lowest BCUT2D eigenvalue weighted by atomic mass is 9.96. The van der Waals surface area contributed by atoms with E-state index in [9.17, 15) is 4.79 Å². The lowest BCUT2D eigenvalue weighted by Crippen LogP contribution is -2.45. The zero-order valence-corrected chi connectivity index (χ0v) is 12.0. The molecule has 1 unspecified atom stereocenters. The number of carbonyl (C=O) groups excluding carboxylic acids is 1. The molecule has 0 saturated carbocycles. The van der Waals surface area contributed by atoms with E-state index in [0.29, 0.717) is 12.6 Å². The van der Waals surface area contributed by atoms with Gasteiger partial charge in [-0.15, -0.1) is 0 Å². The predicted molar refractivity (Wildman–Crippen MR) is 80.0 cm³/mol. The van der Waals surface area contributed by atoms with Crippen molar-refractivity contribution in [3.05, 3.63) is 35.9 Å². The molecular weight excluding hydrogens is 252 g/mol. The lowest BCUT2D eigenvalue weighted by molar-refractivity contribution is -0.123. The molecule has 1 aromatic carbocycles. The summed E-state index contributed by atoms with van der Waals surface area (Å²) in [5, 5.41) is 3.36. The zero-order chi connectivity index (χ0) is 14.4. The maximum atomic E-state index is 12.1. The van der Waals surface area contributed by atoms with E-state index < -0.39 is 0 Å². The van der Waals surface area contributed by atoms with Crippen LogP contribution in [0.25, 0.3) is 0 Å². The second kappa shape index (κ2) is 7.38. The minimum Gasteiger partial charge on any atom is -0.317 e. The molecule has 1 saturated heterocycles. The molecule has 0 spiro atoms. The van der Waals surface area contributed by atoms with E-state index in [1.54, 1.807) is 0 Å². The van der Waals surface area contributed by atoms with Crippen molar-refractivity contribution in [3.8, 4) is 0 Å². The monoisotopic (exact) mass is 276 g/mol. The summed E-state index contributed by atoms with van der Waals surface area (Å²) < 4.78 is 0. The Morgan fingerprint density at radius 2 is 2.05 bits per heavy atom. The number of amides is 1. The fourth-order valence-electron chi connectivity index (χ4n) is 2.81. The van der Waals surface area contributed by atoms with Crippen molar-refractivity contribution in [2.45, 2.75) is 24.8 Å². The van der Waals surface area contributed by atoms with Crippen molar-refractivity contribution in [1.29, 1.82) is 0 Å². The van der Waals surface area contributed by atoms with Gasteiger partial charge in [0.25, 0.3) is 0 Å². The van der Waals surface area contributed by atoms with E-state index in [4.69, 9.17) is 5.84 Å². The van der Waals surface area contributed by atoms with E-state index in [1.165, 1.54) is 0 Å². The first-order chi connectivity index (χ1) is 9.72. The van der Waals surface area contributed by atoms with E-state index >= 15 is 0 Å². The zero-order valence-electron chi connectivity index (χ0n) is 12.0. The molecule has 1 aliphatic heterocycles. The van der Waals surface area contributed by atoms with Gasteiger partial charge in [0.05, 0.1) is 5.92 Å². The Morgan fingerprint density at radius 1 is 1.40 bits per heavy atom. The maximum Gasteiger partial charge on any atom is 0.242 e. The van der Waals surface area contributed by atoms with Gasteiger partial charge in [-0.05, 0) is 38.5 Å².